The summed E-state index contributed by atoms with van der Waals surface area (Å²) in [6.07, 6.45) is 0.710. The Morgan fingerprint density at radius 2 is 1.89 bits per heavy atom. The van der Waals surface area contributed by atoms with Crippen molar-refractivity contribution < 1.29 is 8.42 Å². The van der Waals surface area contributed by atoms with Gasteiger partial charge in [-0.1, -0.05) is 37.0 Å². The molecule has 0 unspecified atom stereocenters. The summed E-state index contributed by atoms with van der Waals surface area (Å²) in [5.41, 5.74) is 0.674. The molecule has 4 nitrogen and oxygen atoms in total. The van der Waals surface area contributed by atoms with Gasteiger partial charge in [-0.2, -0.15) is 0 Å². The molecular formula is C12H18Cl2N2O2S. The fourth-order valence-electron chi connectivity index (χ4n) is 1.52. The van der Waals surface area contributed by atoms with E-state index in [0.29, 0.717) is 30.1 Å². The number of benzene rings is 1. The maximum Gasteiger partial charge on any atom is 0.242 e. The van der Waals surface area contributed by atoms with Gasteiger partial charge in [0.2, 0.25) is 10.0 Å². The molecule has 0 radical (unpaired) electrons. The Morgan fingerprint density at radius 3 is 2.47 bits per heavy atom. The molecule has 1 rings (SSSR count). The normalized spacial score (nSPS) is 11.8. The van der Waals surface area contributed by atoms with E-state index in [0.717, 1.165) is 6.54 Å². The van der Waals surface area contributed by atoms with Crippen molar-refractivity contribution in [1.29, 1.82) is 0 Å². The molecule has 108 valence electrons. The number of halogens is 2. The van der Waals surface area contributed by atoms with Crippen molar-refractivity contribution in [3.05, 3.63) is 27.7 Å². The van der Waals surface area contributed by atoms with Crippen LogP contribution in [0, 0.1) is 0 Å². The van der Waals surface area contributed by atoms with Crippen LogP contribution in [0.5, 0.6) is 0 Å². The predicted molar refractivity (Wildman–Crippen MR) is 79.3 cm³/mol. The third kappa shape index (κ3) is 4.61. The van der Waals surface area contributed by atoms with E-state index in [4.69, 9.17) is 23.2 Å². The Hall–Kier alpha value is -0.330. The van der Waals surface area contributed by atoms with E-state index in [2.05, 4.69) is 10.0 Å². The molecule has 19 heavy (non-hydrogen) atoms. The van der Waals surface area contributed by atoms with Crippen molar-refractivity contribution >= 4 is 33.2 Å². The van der Waals surface area contributed by atoms with Gasteiger partial charge in [0, 0.05) is 18.1 Å². The molecule has 0 aliphatic heterocycles. The van der Waals surface area contributed by atoms with E-state index in [-0.39, 0.29) is 9.92 Å². The fraction of sp³-hybridized carbons (Fsp3) is 0.500. The maximum atomic E-state index is 12.1. The van der Waals surface area contributed by atoms with Crippen LogP contribution >= 0.6 is 23.2 Å². The first-order valence-corrected chi connectivity index (χ1v) is 8.34. The van der Waals surface area contributed by atoms with E-state index in [1.807, 2.05) is 13.8 Å². The monoisotopic (exact) mass is 324 g/mol. The summed E-state index contributed by atoms with van der Waals surface area (Å²) >= 11 is 12.1. The van der Waals surface area contributed by atoms with Gasteiger partial charge in [0.05, 0.1) is 5.02 Å². The van der Waals surface area contributed by atoms with Gasteiger partial charge >= 0.3 is 0 Å². The number of hydrogen-bond acceptors (Lipinski definition) is 3. The van der Waals surface area contributed by atoms with Crippen LogP contribution in [0.15, 0.2) is 17.0 Å². The topological polar surface area (TPSA) is 58.2 Å². The molecule has 0 saturated carbocycles. The molecule has 7 heteroatoms. The minimum atomic E-state index is -3.62. The van der Waals surface area contributed by atoms with Crippen LogP contribution in [-0.2, 0) is 16.6 Å². The molecule has 1 aromatic rings. The van der Waals surface area contributed by atoms with Crippen LogP contribution in [0.25, 0.3) is 0 Å². The zero-order valence-corrected chi connectivity index (χ0v) is 13.3. The molecular weight excluding hydrogens is 307 g/mol. The Bertz CT molecular complexity index is 533. The minimum absolute atomic E-state index is 0.0306. The third-order valence-corrected chi connectivity index (χ3v) is 4.74. The van der Waals surface area contributed by atoms with E-state index in [1.165, 1.54) is 6.07 Å². The van der Waals surface area contributed by atoms with Crippen molar-refractivity contribution in [3.63, 3.8) is 0 Å². The van der Waals surface area contributed by atoms with Crippen LogP contribution in [-0.4, -0.2) is 21.5 Å². The van der Waals surface area contributed by atoms with Gasteiger partial charge in [-0.05, 0) is 30.7 Å². The molecule has 0 saturated heterocycles. The van der Waals surface area contributed by atoms with E-state index in [9.17, 15) is 8.42 Å². The van der Waals surface area contributed by atoms with Crippen LogP contribution in [0.3, 0.4) is 0 Å². The lowest BCUT2D eigenvalue weighted by Crippen LogP contribution is -2.25. The Labute approximate surface area is 124 Å². The number of nitrogens with one attached hydrogen (secondary N) is 2. The molecule has 2 N–H and O–H groups in total. The molecule has 0 aromatic heterocycles. The molecule has 0 aliphatic carbocycles. The first-order valence-electron chi connectivity index (χ1n) is 6.10. The summed E-state index contributed by atoms with van der Waals surface area (Å²) in [6, 6.07) is 3.04. The zero-order valence-electron chi connectivity index (χ0n) is 11.0. The van der Waals surface area contributed by atoms with Crippen LogP contribution in [0.4, 0.5) is 0 Å². The van der Waals surface area contributed by atoms with Gasteiger partial charge in [0.15, 0.2) is 0 Å². The molecule has 0 atom stereocenters. The summed E-state index contributed by atoms with van der Waals surface area (Å²) in [6.45, 7) is 5.45. The standard InChI is InChI=1S/C12H18Cl2N2O2S/c1-3-5-16-19(17,18)11-7-10(13)6-9(12(11)14)8-15-4-2/h6-7,15-16H,3-5,8H2,1-2H3. The molecule has 0 bridgehead atoms. The van der Waals surface area contributed by atoms with Crippen molar-refractivity contribution in [3.8, 4) is 0 Å². The highest BCUT2D eigenvalue weighted by atomic mass is 35.5. The smallest absolute Gasteiger partial charge is 0.242 e. The first kappa shape index (κ1) is 16.7. The second kappa shape index (κ2) is 7.45. The molecule has 0 amide bonds. The number of rotatable bonds is 7. The largest absolute Gasteiger partial charge is 0.313 e. The molecule has 1 aromatic carbocycles. The summed E-state index contributed by atoms with van der Waals surface area (Å²) in [7, 11) is -3.62. The average molecular weight is 325 g/mol. The lowest BCUT2D eigenvalue weighted by atomic mass is 10.2. The third-order valence-electron chi connectivity index (χ3n) is 2.48. The maximum absolute atomic E-state index is 12.1. The second-order valence-corrected chi connectivity index (χ2v) is 6.60. The number of sulfonamides is 1. The van der Waals surface area contributed by atoms with E-state index >= 15 is 0 Å². The molecule has 0 heterocycles. The zero-order chi connectivity index (χ0) is 14.5. The highest BCUT2D eigenvalue weighted by molar-refractivity contribution is 7.89. The van der Waals surface area contributed by atoms with Crippen LogP contribution in [0.1, 0.15) is 25.8 Å². The molecule has 0 fully saturated rings. The van der Waals surface area contributed by atoms with Gasteiger partial charge < -0.3 is 5.32 Å². The van der Waals surface area contributed by atoms with Gasteiger partial charge in [-0.25, -0.2) is 13.1 Å². The van der Waals surface area contributed by atoms with Gasteiger partial charge in [-0.3, -0.25) is 0 Å². The lowest BCUT2D eigenvalue weighted by molar-refractivity contribution is 0.580. The summed E-state index contributed by atoms with van der Waals surface area (Å²) in [4.78, 5) is 0.0306. The van der Waals surface area contributed by atoms with Gasteiger partial charge in [0.1, 0.15) is 4.90 Å². The van der Waals surface area contributed by atoms with Crippen molar-refractivity contribution in [1.82, 2.24) is 10.0 Å². The first-order chi connectivity index (χ1) is 8.92. The van der Waals surface area contributed by atoms with Gasteiger partial charge in [-0.15, -0.1) is 0 Å². The second-order valence-electron chi connectivity index (χ2n) is 4.06. The Morgan fingerprint density at radius 1 is 1.21 bits per heavy atom. The van der Waals surface area contributed by atoms with Crippen LogP contribution in [0.2, 0.25) is 10.0 Å². The van der Waals surface area contributed by atoms with Gasteiger partial charge in [0.25, 0.3) is 0 Å². The van der Waals surface area contributed by atoms with Crippen molar-refractivity contribution in [2.24, 2.45) is 0 Å². The minimum Gasteiger partial charge on any atom is -0.313 e. The van der Waals surface area contributed by atoms with Crippen LogP contribution < -0.4 is 10.0 Å². The Kier molecular flexibility index (Phi) is 6.56. The average Bonchev–Trinajstić information content (AvgIpc) is 2.36. The predicted octanol–water partition coefficient (Wildman–Crippen LogP) is 2.79. The summed E-state index contributed by atoms with van der Waals surface area (Å²) in [5, 5.41) is 3.67. The van der Waals surface area contributed by atoms with Crippen molar-refractivity contribution in [2.75, 3.05) is 13.1 Å². The van der Waals surface area contributed by atoms with E-state index < -0.39 is 10.0 Å². The lowest BCUT2D eigenvalue weighted by Gasteiger charge is -2.12. The number of hydrogen-bond donors (Lipinski definition) is 2. The fourth-order valence-corrected chi connectivity index (χ4v) is 3.58. The summed E-state index contributed by atoms with van der Waals surface area (Å²) in [5.74, 6) is 0. The molecule has 0 aliphatic rings. The Balaban J connectivity index is 3.17. The van der Waals surface area contributed by atoms with Crippen molar-refractivity contribution in [2.45, 2.75) is 31.7 Å². The summed E-state index contributed by atoms with van der Waals surface area (Å²) < 4.78 is 26.7. The highest BCUT2D eigenvalue weighted by Gasteiger charge is 2.20. The SMILES string of the molecule is CCCNS(=O)(=O)c1cc(Cl)cc(CNCC)c1Cl. The molecule has 0 spiro atoms. The van der Waals surface area contributed by atoms with E-state index in [1.54, 1.807) is 6.07 Å². The highest BCUT2D eigenvalue weighted by Crippen LogP contribution is 2.29. The quantitative estimate of drug-likeness (QED) is 0.810.